The van der Waals surface area contributed by atoms with Crippen LogP contribution in [0.5, 0.6) is 5.75 Å². The summed E-state index contributed by atoms with van der Waals surface area (Å²) >= 11 is 0. The van der Waals surface area contributed by atoms with Crippen molar-refractivity contribution in [3.63, 3.8) is 0 Å². The van der Waals surface area contributed by atoms with E-state index in [2.05, 4.69) is 15.4 Å². The van der Waals surface area contributed by atoms with Crippen molar-refractivity contribution in [3.05, 3.63) is 36.2 Å². The summed E-state index contributed by atoms with van der Waals surface area (Å²) in [5.74, 6) is -0.174. The second kappa shape index (κ2) is 4.52. The van der Waals surface area contributed by atoms with Gasteiger partial charge in [0.2, 0.25) is 11.9 Å². The molecule has 0 bridgehead atoms. The molecule has 104 valence electrons. The average molecular weight is 273 g/mol. The average Bonchev–Trinajstić information content (AvgIpc) is 2.84. The van der Waals surface area contributed by atoms with Crippen molar-refractivity contribution in [2.75, 3.05) is 5.32 Å². The molecule has 0 radical (unpaired) electrons. The predicted octanol–water partition coefficient (Wildman–Crippen LogP) is 0.489. The standard InChI is InChI=1S/C13H15N5O2/c1-7-10(12(14)20)11(8-3-2-4-9(19)5-8)18-13(17-7)15-6-16-18/h2-7,10-11,19H,1H3,(H2,14,20)(H,15,16,17)/t7-,10-,11+/m0/s1. The molecule has 0 saturated carbocycles. The number of nitrogens with two attached hydrogens (primary N) is 1. The Morgan fingerprint density at radius 2 is 2.30 bits per heavy atom. The highest BCUT2D eigenvalue weighted by Gasteiger charge is 2.40. The highest BCUT2D eigenvalue weighted by Crippen LogP contribution is 2.36. The van der Waals surface area contributed by atoms with Gasteiger partial charge in [0.25, 0.3) is 0 Å². The van der Waals surface area contributed by atoms with Crippen LogP contribution in [0.1, 0.15) is 18.5 Å². The van der Waals surface area contributed by atoms with Crippen molar-refractivity contribution in [2.45, 2.75) is 19.0 Å². The second-order valence-electron chi connectivity index (χ2n) is 4.93. The molecule has 1 aromatic carbocycles. The number of carbonyl (C=O) groups is 1. The number of aromatic hydroxyl groups is 1. The molecule has 2 heterocycles. The molecule has 7 heteroatoms. The number of benzene rings is 1. The van der Waals surface area contributed by atoms with E-state index in [1.807, 2.05) is 13.0 Å². The predicted molar refractivity (Wildman–Crippen MR) is 72.0 cm³/mol. The van der Waals surface area contributed by atoms with Crippen LogP contribution in [-0.4, -0.2) is 31.8 Å². The van der Waals surface area contributed by atoms with E-state index in [4.69, 9.17) is 5.73 Å². The maximum absolute atomic E-state index is 11.8. The Balaban J connectivity index is 2.15. The maximum atomic E-state index is 11.8. The van der Waals surface area contributed by atoms with Crippen LogP contribution in [0.25, 0.3) is 0 Å². The number of carbonyl (C=O) groups excluding carboxylic acids is 1. The third-order valence-corrected chi connectivity index (χ3v) is 3.61. The van der Waals surface area contributed by atoms with Crippen molar-refractivity contribution in [1.82, 2.24) is 14.8 Å². The zero-order valence-electron chi connectivity index (χ0n) is 10.9. The Kier molecular flexibility index (Phi) is 2.81. The van der Waals surface area contributed by atoms with Crippen molar-refractivity contribution in [2.24, 2.45) is 11.7 Å². The van der Waals surface area contributed by atoms with Gasteiger partial charge in [-0.05, 0) is 24.6 Å². The molecule has 1 amide bonds. The Labute approximate surface area is 115 Å². The van der Waals surface area contributed by atoms with Gasteiger partial charge in [0.15, 0.2) is 0 Å². The number of phenolic OH excluding ortho intramolecular Hbond substituents is 1. The molecule has 0 spiro atoms. The van der Waals surface area contributed by atoms with E-state index in [0.717, 1.165) is 5.56 Å². The molecule has 3 rings (SSSR count). The largest absolute Gasteiger partial charge is 0.508 e. The molecule has 0 saturated heterocycles. The summed E-state index contributed by atoms with van der Waals surface area (Å²) in [5, 5.41) is 16.9. The molecule has 7 nitrogen and oxygen atoms in total. The molecule has 4 N–H and O–H groups in total. The molecule has 20 heavy (non-hydrogen) atoms. The molecule has 1 aliphatic rings. The molecule has 0 unspecified atom stereocenters. The van der Waals surface area contributed by atoms with Crippen molar-refractivity contribution < 1.29 is 9.90 Å². The SMILES string of the molecule is C[C@@H]1Nc2ncnn2[C@H](c2cccc(O)c2)[C@H]1C(N)=O. The monoisotopic (exact) mass is 273 g/mol. The lowest BCUT2D eigenvalue weighted by molar-refractivity contribution is -0.123. The summed E-state index contributed by atoms with van der Waals surface area (Å²) in [5.41, 5.74) is 6.32. The van der Waals surface area contributed by atoms with Crippen LogP contribution in [0.15, 0.2) is 30.6 Å². The van der Waals surface area contributed by atoms with Gasteiger partial charge < -0.3 is 16.2 Å². The van der Waals surface area contributed by atoms with Crippen LogP contribution >= 0.6 is 0 Å². The van der Waals surface area contributed by atoms with Gasteiger partial charge in [-0.1, -0.05) is 12.1 Å². The zero-order valence-corrected chi connectivity index (χ0v) is 10.9. The quantitative estimate of drug-likeness (QED) is 0.738. The van der Waals surface area contributed by atoms with Gasteiger partial charge in [0.1, 0.15) is 12.1 Å². The van der Waals surface area contributed by atoms with E-state index in [9.17, 15) is 9.90 Å². The van der Waals surface area contributed by atoms with Crippen molar-refractivity contribution >= 4 is 11.9 Å². The number of primary amides is 1. The van der Waals surface area contributed by atoms with Crippen LogP contribution in [0, 0.1) is 5.92 Å². The van der Waals surface area contributed by atoms with E-state index in [0.29, 0.717) is 5.95 Å². The molecule has 0 fully saturated rings. The number of hydrogen-bond acceptors (Lipinski definition) is 5. The molecule has 0 aliphatic carbocycles. The van der Waals surface area contributed by atoms with Crippen LogP contribution in [0.2, 0.25) is 0 Å². The molecular formula is C13H15N5O2. The van der Waals surface area contributed by atoms with E-state index >= 15 is 0 Å². The first-order valence-electron chi connectivity index (χ1n) is 6.32. The highest BCUT2D eigenvalue weighted by atomic mass is 16.3. The number of hydrogen-bond donors (Lipinski definition) is 3. The maximum Gasteiger partial charge on any atom is 0.225 e. The fourth-order valence-electron chi connectivity index (χ4n) is 2.74. The van der Waals surface area contributed by atoms with E-state index in [1.165, 1.54) is 6.33 Å². The molecule has 3 atom stereocenters. The Morgan fingerprint density at radius 1 is 1.50 bits per heavy atom. The summed E-state index contributed by atoms with van der Waals surface area (Å²) < 4.78 is 1.63. The number of aromatic nitrogens is 3. The van der Waals surface area contributed by atoms with Gasteiger partial charge in [0.05, 0.1) is 12.0 Å². The number of anilines is 1. The summed E-state index contributed by atoms with van der Waals surface area (Å²) in [4.78, 5) is 15.9. The fourth-order valence-corrected chi connectivity index (χ4v) is 2.74. The van der Waals surface area contributed by atoms with Gasteiger partial charge in [-0.15, -0.1) is 0 Å². The van der Waals surface area contributed by atoms with E-state index in [-0.39, 0.29) is 17.8 Å². The van der Waals surface area contributed by atoms with Gasteiger partial charge in [-0.3, -0.25) is 4.79 Å². The van der Waals surface area contributed by atoms with Gasteiger partial charge in [-0.25, -0.2) is 4.68 Å². The third-order valence-electron chi connectivity index (χ3n) is 3.61. The fraction of sp³-hybridized carbons (Fsp3) is 0.308. The first-order chi connectivity index (χ1) is 9.58. The van der Waals surface area contributed by atoms with Gasteiger partial charge >= 0.3 is 0 Å². The Morgan fingerprint density at radius 3 is 3.00 bits per heavy atom. The van der Waals surface area contributed by atoms with Crippen LogP contribution < -0.4 is 11.1 Å². The first-order valence-corrected chi connectivity index (χ1v) is 6.32. The van der Waals surface area contributed by atoms with Crippen LogP contribution in [0.3, 0.4) is 0 Å². The molecule has 1 aromatic heterocycles. The highest BCUT2D eigenvalue weighted by molar-refractivity contribution is 5.79. The van der Waals surface area contributed by atoms with Crippen molar-refractivity contribution in [1.29, 1.82) is 0 Å². The Hall–Kier alpha value is -2.57. The smallest absolute Gasteiger partial charge is 0.225 e. The van der Waals surface area contributed by atoms with Gasteiger partial charge in [-0.2, -0.15) is 10.1 Å². The minimum absolute atomic E-state index is 0.138. The number of phenols is 1. The molecular weight excluding hydrogens is 258 g/mol. The number of nitrogens with one attached hydrogen (secondary N) is 1. The van der Waals surface area contributed by atoms with Crippen molar-refractivity contribution in [3.8, 4) is 5.75 Å². The number of fused-ring (bicyclic) bond motifs is 1. The number of nitrogens with zero attached hydrogens (tertiary/aromatic N) is 3. The minimum atomic E-state index is -0.481. The summed E-state index contributed by atoms with van der Waals surface area (Å²) in [6.07, 6.45) is 1.42. The first kappa shape index (κ1) is 12.5. The lowest BCUT2D eigenvalue weighted by Gasteiger charge is -2.35. The molecule has 1 aliphatic heterocycles. The number of rotatable bonds is 2. The zero-order chi connectivity index (χ0) is 14.3. The summed E-state index contributed by atoms with van der Waals surface area (Å²) in [6.45, 7) is 1.88. The summed E-state index contributed by atoms with van der Waals surface area (Å²) in [7, 11) is 0. The normalized spacial score (nSPS) is 24.8. The van der Waals surface area contributed by atoms with E-state index in [1.54, 1.807) is 22.9 Å². The van der Waals surface area contributed by atoms with Crippen LogP contribution in [-0.2, 0) is 4.79 Å². The minimum Gasteiger partial charge on any atom is -0.508 e. The Bertz CT molecular complexity index is 654. The lowest BCUT2D eigenvalue weighted by atomic mass is 9.85. The molecule has 2 aromatic rings. The second-order valence-corrected chi connectivity index (χ2v) is 4.93. The number of amides is 1. The van der Waals surface area contributed by atoms with E-state index < -0.39 is 11.8 Å². The lowest BCUT2D eigenvalue weighted by Crippen LogP contribution is -2.47. The summed E-state index contributed by atoms with van der Waals surface area (Å²) in [6, 6.07) is 6.21. The third kappa shape index (κ3) is 1.87. The topological polar surface area (TPSA) is 106 Å². The van der Waals surface area contributed by atoms with Crippen LogP contribution in [0.4, 0.5) is 5.95 Å². The van der Waals surface area contributed by atoms with Gasteiger partial charge in [0, 0.05) is 6.04 Å².